The third-order valence-corrected chi connectivity index (χ3v) is 3.74. The van der Waals surface area contributed by atoms with Gasteiger partial charge in [0.2, 0.25) is 11.8 Å². The Kier molecular flexibility index (Phi) is 5.62. The van der Waals surface area contributed by atoms with Crippen LogP contribution in [0.1, 0.15) is 25.3 Å². The van der Waals surface area contributed by atoms with Gasteiger partial charge in [0.15, 0.2) is 0 Å². The number of carbonyl (C=O) groups excluding carboxylic acids is 2. The summed E-state index contributed by atoms with van der Waals surface area (Å²) < 4.78 is 13.1. The highest BCUT2D eigenvalue weighted by Gasteiger charge is 2.23. The molecule has 1 aliphatic rings. The van der Waals surface area contributed by atoms with E-state index in [2.05, 4.69) is 5.32 Å². The zero-order valence-corrected chi connectivity index (χ0v) is 13.2. The molecule has 0 spiro atoms. The number of halogens is 1. The molecule has 24 heavy (non-hydrogen) atoms. The van der Waals surface area contributed by atoms with E-state index in [1.165, 1.54) is 25.1 Å². The van der Waals surface area contributed by atoms with Crippen LogP contribution in [0.3, 0.4) is 0 Å². The lowest BCUT2D eigenvalue weighted by atomic mass is 10.1. The third-order valence-electron chi connectivity index (χ3n) is 3.74. The van der Waals surface area contributed by atoms with Gasteiger partial charge >= 0.3 is 0 Å². The van der Waals surface area contributed by atoms with Crippen molar-refractivity contribution in [2.24, 2.45) is 0 Å². The van der Waals surface area contributed by atoms with E-state index in [0.717, 1.165) is 25.0 Å². The van der Waals surface area contributed by atoms with Gasteiger partial charge in [-0.1, -0.05) is 0 Å². The molecule has 1 aromatic carbocycles. The number of carbonyl (C=O) groups is 2. The smallest absolute Gasteiger partial charge is 0.279 e. The summed E-state index contributed by atoms with van der Waals surface area (Å²) in [5, 5.41) is 13.7. The Balaban J connectivity index is 2.07. The first-order chi connectivity index (χ1) is 11.4. The number of nitro benzene ring substituents is 1. The van der Waals surface area contributed by atoms with Crippen LogP contribution in [0.4, 0.5) is 10.1 Å². The quantitative estimate of drug-likeness (QED) is 0.516. The topological polar surface area (TPSA) is 92.6 Å². The maximum Gasteiger partial charge on any atom is 0.279 e. The number of nitrogens with zero attached hydrogens (tertiary/aromatic N) is 2. The number of amides is 2. The van der Waals surface area contributed by atoms with Crippen molar-refractivity contribution >= 4 is 23.6 Å². The molecule has 1 aliphatic heterocycles. The van der Waals surface area contributed by atoms with Crippen molar-refractivity contribution in [3.63, 3.8) is 0 Å². The van der Waals surface area contributed by atoms with E-state index in [9.17, 15) is 24.1 Å². The van der Waals surface area contributed by atoms with Crippen molar-refractivity contribution in [1.29, 1.82) is 0 Å². The van der Waals surface area contributed by atoms with Crippen LogP contribution in [0.15, 0.2) is 24.3 Å². The number of nitrogens with one attached hydrogen (secondary N) is 1. The van der Waals surface area contributed by atoms with E-state index in [-0.39, 0.29) is 23.4 Å². The molecular formula is C16H18FN3O4. The van der Waals surface area contributed by atoms with Gasteiger partial charge in [-0.25, -0.2) is 4.39 Å². The van der Waals surface area contributed by atoms with Crippen molar-refractivity contribution in [1.82, 2.24) is 10.2 Å². The van der Waals surface area contributed by atoms with E-state index in [0.29, 0.717) is 13.1 Å². The highest BCUT2D eigenvalue weighted by atomic mass is 19.1. The standard InChI is InChI=1S/C16H18FN3O4/c1-11(21)18-14-3-2-8-19(10-14)16(22)7-5-12-4-6-13(17)9-15(12)20(23)24/h4-7,9,14H,2-3,8,10H2,1H3,(H,18,21). The predicted molar refractivity (Wildman–Crippen MR) is 85.5 cm³/mol. The van der Waals surface area contributed by atoms with E-state index < -0.39 is 16.4 Å². The van der Waals surface area contributed by atoms with Crippen LogP contribution in [0.2, 0.25) is 0 Å². The van der Waals surface area contributed by atoms with Crippen LogP contribution in [0.25, 0.3) is 6.08 Å². The number of nitro groups is 1. The number of rotatable bonds is 4. The van der Waals surface area contributed by atoms with Gasteiger partial charge in [0.05, 0.1) is 16.6 Å². The second-order valence-corrected chi connectivity index (χ2v) is 5.62. The number of benzene rings is 1. The van der Waals surface area contributed by atoms with Crippen molar-refractivity contribution in [3.05, 3.63) is 45.8 Å². The first-order valence-corrected chi connectivity index (χ1v) is 7.55. The number of hydrogen-bond donors (Lipinski definition) is 1. The molecule has 1 aromatic rings. The first kappa shape index (κ1) is 17.6. The normalized spacial score (nSPS) is 17.8. The number of likely N-dealkylation sites (tertiary alicyclic amines) is 1. The molecule has 0 bridgehead atoms. The molecule has 0 radical (unpaired) electrons. The Bertz CT molecular complexity index is 690. The molecule has 0 aliphatic carbocycles. The number of hydrogen-bond acceptors (Lipinski definition) is 4. The Morgan fingerprint density at radius 3 is 2.88 bits per heavy atom. The van der Waals surface area contributed by atoms with E-state index in [1.54, 1.807) is 4.90 Å². The van der Waals surface area contributed by atoms with Gasteiger partial charge in [-0.3, -0.25) is 19.7 Å². The molecular weight excluding hydrogens is 317 g/mol. The van der Waals surface area contributed by atoms with Crippen molar-refractivity contribution < 1.29 is 18.9 Å². The maximum atomic E-state index is 13.1. The average Bonchev–Trinajstić information content (AvgIpc) is 2.52. The van der Waals surface area contributed by atoms with E-state index in [4.69, 9.17) is 0 Å². The van der Waals surface area contributed by atoms with Gasteiger partial charge in [0.25, 0.3) is 5.69 Å². The third kappa shape index (κ3) is 4.61. The SMILES string of the molecule is CC(=O)NC1CCCN(C(=O)C=Cc2ccc(F)cc2[N+](=O)[O-])C1. The molecule has 128 valence electrons. The Morgan fingerprint density at radius 2 is 2.21 bits per heavy atom. The maximum absolute atomic E-state index is 13.1. The van der Waals surface area contributed by atoms with E-state index in [1.807, 2.05) is 0 Å². The van der Waals surface area contributed by atoms with Gasteiger partial charge in [-0.15, -0.1) is 0 Å². The number of piperidine rings is 1. The summed E-state index contributed by atoms with van der Waals surface area (Å²) in [7, 11) is 0. The van der Waals surface area contributed by atoms with Gasteiger partial charge in [-0.05, 0) is 31.1 Å². The molecule has 1 fully saturated rings. The molecule has 1 unspecified atom stereocenters. The molecule has 2 amide bonds. The van der Waals surface area contributed by atoms with E-state index >= 15 is 0 Å². The fourth-order valence-electron chi connectivity index (χ4n) is 2.66. The summed E-state index contributed by atoms with van der Waals surface area (Å²) in [4.78, 5) is 35.2. The monoisotopic (exact) mass is 335 g/mol. The molecule has 1 saturated heterocycles. The van der Waals surface area contributed by atoms with Gasteiger partial charge in [-0.2, -0.15) is 0 Å². The van der Waals surface area contributed by atoms with Crippen LogP contribution in [0.5, 0.6) is 0 Å². The second-order valence-electron chi connectivity index (χ2n) is 5.62. The van der Waals surface area contributed by atoms with Gasteiger partial charge in [0.1, 0.15) is 5.82 Å². The highest BCUT2D eigenvalue weighted by molar-refractivity contribution is 5.92. The van der Waals surface area contributed by atoms with Crippen molar-refractivity contribution in [2.45, 2.75) is 25.8 Å². The van der Waals surface area contributed by atoms with Crippen LogP contribution in [-0.2, 0) is 9.59 Å². The predicted octanol–water partition coefficient (Wildman–Crippen LogP) is 1.87. The summed E-state index contributed by atoms with van der Waals surface area (Å²) in [6, 6.07) is 3.09. The van der Waals surface area contributed by atoms with Crippen LogP contribution in [-0.4, -0.2) is 40.8 Å². The average molecular weight is 335 g/mol. The minimum Gasteiger partial charge on any atom is -0.352 e. The molecule has 2 rings (SSSR count). The minimum absolute atomic E-state index is 0.0891. The molecule has 1 N–H and O–H groups in total. The molecule has 1 heterocycles. The Hall–Kier alpha value is -2.77. The Morgan fingerprint density at radius 1 is 1.46 bits per heavy atom. The fourth-order valence-corrected chi connectivity index (χ4v) is 2.66. The van der Waals surface area contributed by atoms with Crippen molar-refractivity contribution in [2.75, 3.05) is 13.1 Å². The summed E-state index contributed by atoms with van der Waals surface area (Å²) in [6.07, 6.45) is 4.11. The molecule has 0 aromatic heterocycles. The largest absolute Gasteiger partial charge is 0.352 e. The zero-order valence-electron chi connectivity index (χ0n) is 13.2. The summed E-state index contributed by atoms with van der Waals surface area (Å²) in [5.41, 5.74) is -0.237. The summed E-state index contributed by atoms with van der Waals surface area (Å²) in [5.74, 6) is -1.16. The zero-order chi connectivity index (χ0) is 17.7. The van der Waals surface area contributed by atoms with Crippen LogP contribution >= 0.6 is 0 Å². The lowest BCUT2D eigenvalue weighted by molar-refractivity contribution is -0.385. The summed E-state index contributed by atoms with van der Waals surface area (Å²) in [6.45, 7) is 2.38. The fraction of sp³-hybridized carbons (Fsp3) is 0.375. The minimum atomic E-state index is -0.709. The van der Waals surface area contributed by atoms with Gasteiger partial charge < -0.3 is 10.2 Å². The summed E-state index contributed by atoms with van der Waals surface area (Å²) >= 11 is 0. The Labute approximate surface area is 138 Å². The van der Waals surface area contributed by atoms with Crippen LogP contribution in [0, 0.1) is 15.9 Å². The lowest BCUT2D eigenvalue weighted by Gasteiger charge is -2.32. The van der Waals surface area contributed by atoms with Gasteiger partial charge in [0, 0.05) is 32.1 Å². The second kappa shape index (κ2) is 7.67. The molecule has 7 nitrogen and oxygen atoms in total. The molecule has 8 heteroatoms. The molecule has 1 atom stereocenters. The molecule has 0 saturated carbocycles. The first-order valence-electron chi connectivity index (χ1n) is 7.55. The van der Waals surface area contributed by atoms with Crippen LogP contribution < -0.4 is 5.32 Å². The van der Waals surface area contributed by atoms with Crippen molar-refractivity contribution in [3.8, 4) is 0 Å². The highest BCUT2D eigenvalue weighted by Crippen LogP contribution is 2.21. The lowest BCUT2D eigenvalue weighted by Crippen LogP contribution is -2.48.